The van der Waals surface area contributed by atoms with E-state index in [9.17, 15) is 0 Å². The highest BCUT2D eigenvalue weighted by Crippen LogP contribution is 2.27. The Bertz CT molecular complexity index is 889. The summed E-state index contributed by atoms with van der Waals surface area (Å²) in [6.07, 6.45) is 1.78. The van der Waals surface area contributed by atoms with Gasteiger partial charge in [0.15, 0.2) is 0 Å². The van der Waals surface area contributed by atoms with Crippen LogP contribution in [-0.4, -0.2) is 12.8 Å². The average molecular weight is 373 g/mol. The molecule has 25 heavy (non-hydrogen) atoms. The van der Waals surface area contributed by atoms with Gasteiger partial charge in [0.05, 0.1) is 19.4 Å². The molecule has 0 radical (unpaired) electrons. The van der Waals surface area contributed by atoms with E-state index < -0.39 is 0 Å². The maximum absolute atomic E-state index is 6.17. The van der Waals surface area contributed by atoms with Gasteiger partial charge in [-0.2, -0.15) is 5.10 Å². The van der Waals surface area contributed by atoms with Crippen LogP contribution < -0.4 is 10.2 Å². The van der Waals surface area contributed by atoms with E-state index in [-0.39, 0.29) is 0 Å². The lowest BCUT2D eigenvalue weighted by molar-refractivity contribution is 0.340. The zero-order valence-electron chi connectivity index (χ0n) is 13.8. The Morgan fingerprint density at radius 2 is 1.76 bits per heavy atom. The minimum Gasteiger partial charge on any atom is -0.493 e. The van der Waals surface area contributed by atoms with Crippen molar-refractivity contribution in [1.29, 1.82) is 0 Å². The summed E-state index contributed by atoms with van der Waals surface area (Å²) in [6.45, 7) is 3.01. The van der Waals surface area contributed by atoms with Crippen molar-refractivity contribution >= 4 is 40.2 Å². The summed E-state index contributed by atoms with van der Waals surface area (Å²) in [4.78, 5) is 0. The Balaban J connectivity index is 1.84. The molecule has 0 heterocycles. The molecule has 3 aromatic rings. The van der Waals surface area contributed by atoms with Crippen LogP contribution in [0.4, 0.5) is 0 Å². The molecule has 0 aliphatic carbocycles. The van der Waals surface area contributed by atoms with Crippen molar-refractivity contribution in [2.45, 2.75) is 13.5 Å². The predicted molar refractivity (Wildman–Crippen MR) is 106 cm³/mol. The molecule has 0 saturated heterocycles. The van der Waals surface area contributed by atoms with Gasteiger partial charge in [0, 0.05) is 21.2 Å². The first-order valence-corrected chi connectivity index (χ1v) is 8.79. The van der Waals surface area contributed by atoms with E-state index in [1.807, 2.05) is 43.3 Å². The molecule has 3 nitrogen and oxygen atoms in total. The molecule has 0 bridgehead atoms. The van der Waals surface area contributed by atoms with E-state index in [1.165, 1.54) is 0 Å². The SMILES string of the molecule is CCOc1ccc2ccccc2c1C=NNCc1c(Cl)cccc1Cl. The minimum absolute atomic E-state index is 0.448. The van der Waals surface area contributed by atoms with Crippen LogP contribution in [0.1, 0.15) is 18.1 Å². The summed E-state index contributed by atoms with van der Waals surface area (Å²) in [5, 5.41) is 7.81. The third-order valence-electron chi connectivity index (χ3n) is 3.83. The molecule has 0 atom stereocenters. The summed E-state index contributed by atoms with van der Waals surface area (Å²) in [6, 6.07) is 17.6. The molecule has 5 heteroatoms. The molecular weight excluding hydrogens is 355 g/mol. The molecule has 3 rings (SSSR count). The first-order valence-electron chi connectivity index (χ1n) is 8.04. The van der Waals surface area contributed by atoms with Crippen molar-refractivity contribution in [3.05, 3.63) is 75.8 Å². The number of benzene rings is 3. The van der Waals surface area contributed by atoms with Crippen LogP contribution >= 0.6 is 23.2 Å². The Hall–Kier alpha value is -2.23. The highest BCUT2D eigenvalue weighted by molar-refractivity contribution is 6.35. The van der Waals surface area contributed by atoms with Crippen molar-refractivity contribution in [3.8, 4) is 5.75 Å². The number of fused-ring (bicyclic) bond motifs is 1. The van der Waals surface area contributed by atoms with Gasteiger partial charge in [-0.15, -0.1) is 0 Å². The molecule has 0 aliphatic heterocycles. The fourth-order valence-corrected chi connectivity index (χ4v) is 3.16. The lowest BCUT2D eigenvalue weighted by Gasteiger charge is -2.10. The van der Waals surface area contributed by atoms with Crippen LogP contribution in [0, 0.1) is 0 Å². The first-order chi connectivity index (χ1) is 12.2. The van der Waals surface area contributed by atoms with Gasteiger partial charge in [-0.05, 0) is 35.9 Å². The molecule has 0 spiro atoms. The number of hydrazone groups is 1. The first kappa shape index (κ1) is 17.6. The number of hydrogen-bond acceptors (Lipinski definition) is 3. The van der Waals surface area contributed by atoms with Crippen LogP contribution in [0.15, 0.2) is 59.7 Å². The number of halogens is 2. The summed E-state index contributed by atoms with van der Waals surface area (Å²) >= 11 is 12.3. The highest BCUT2D eigenvalue weighted by Gasteiger charge is 2.07. The summed E-state index contributed by atoms with van der Waals surface area (Å²) in [7, 11) is 0. The van der Waals surface area contributed by atoms with E-state index in [2.05, 4.69) is 28.7 Å². The van der Waals surface area contributed by atoms with Crippen molar-refractivity contribution in [2.24, 2.45) is 5.10 Å². The molecule has 3 aromatic carbocycles. The van der Waals surface area contributed by atoms with Crippen molar-refractivity contribution in [1.82, 2.24) is 5.43 Å². The molecule has 0 fully saturated rings. The van der Waals surface area contributed by atoms with Gasteiger partial charge >= 0.3 is 0 Å². The van der Waals surface area contributed by atoms with Crippen molar-refractivity contribution in [2.75, 3.05) is 6.61 Å². The standard InChI is InChI=1S/C20H18Cl2N2O/c1-2-25-20-11-10-14-6-3-4-7-15(14)16(20)12-23-24-13-17-18(21)8-5-9-19(17)22/h3-12,24H,2,13H2,1H3. The summed E-state index contributed by atoms with van der Waals surface area (Å²) in [5.41, 5.74) is 4.78. The molecule has 0 unspecified atom stereocenters. The van der Waals surface area contributed by atoms with Gasteiger partial charge < -0.3 is 10.2 Å². The van der Waals surface area contributed by atoms with Gasteiger partial charge in [0.25, 0.3) is 0 Å². The topological polar surface area (TPSA) is 33.6 Å². The Morgan fingerprint density at radius 1 is 1.00 bits per heavy atom. The lowest BCUT2D eigenvalue weighted by atomic mass is 10.0. The van der Waals surface area contributed by atoms with Gasteiger partial charge in [0.2, 0.25) is 0 Å². The zero-order valence-corrected chi connectivity index (χ0v) is 15.3. The number of ether oxygens (including phenoxy) is 1. The van der Waals surface area contributed by atoms with Gasteiger partial charge in [-0.25, -0.2) is 0 Å². The van der Waals surface area contributed by atoms with Crippen molar-refractivity contribution < 1.29 is 4.74 Å². The maximum Gasteiger partial charge on any atom is 0.128 e. The Morgan fingerprint density at radius 3 is 2.52 bits per heavy atom. The fourth-order valence-electron chi connectivity index (χ4n) is 2.63. The molecule has 0 aromatic heterocycles. The number of rotatable bonds is 6. The number of nitrogens with zero attached hydrogens (tertiary/aromatic N) is 1. The van der Waals surface area contributed by atoms with Crippen LogP contribution in [-0.2, 0) is 6.54 Å². The van der Waals surface area contributed by atoms with Crippen LogP contribution in [0.3, 0.4) is 0 Å². The van der Waals surface area contributed by atoms with Gasteiger partial charge in [-0.1, -0.05) is 59.6 Å². The highest BCUT2D eigenvalue weighted by atomic mass is 35.5. The second-order valence-electron chi connectivity index (χ2n) is 5.42. The van der Waals surface area contributed by atoms with E-state index in [0.717, 1.165) is 27.6 Å². The second-order valence-corrected chi connectivity index (χ2v) is 6.24. The monoisotopic (exact) mass is 372 g/mol. The molecule has 0 amide bonds. The predicted octanol–water partition coefficient (Wildman–Crippen LogP) is 5.67. The smallest absolute Gasteiger partial charge is 0.128 e. The quantitative estimate of drug-likeness (QED) is 0.446. The summed E-state index contributed by atoms with van der Waals surface area (Å²) < 4.78 is 5.74. The number of nitrogens with one attached hydrogen (secondary N) is 1. The van der Waals surface area contributed by atoms with E-state index in [4.69, 9.17) is 27.9 Å². The van der Waals surface area contributed by atoms with Crippen molar-refractivity contribution in [3.63, 3.8) is 0 Å². The van der Waals surface area contributed by atoms with Gasteiger partial charge in [0.1, 0.15) is 5.75 Å². The van der Waals surface area contributed by atoms with Crippen LogP contribution in [0.25, 0.3) is 10.8 Å². The van der Waals surface area contributed by atoms with E-state index in [0.29, 0.717) is 23.2 Å². The number of hydrogen-bond donors (Lipinski definition) is 1. The van der Waals surface area contributed by atoms with Gasteiger partial charge in [-0.3, -0.25) is 0 Å². The normalized spacial score (nSPS) is 11.2. The fraction of sp³-hybridized carbons (Fsp3) is 0.150. The molecule has 128 valence electrons. The Kier molecular flexibility index (Phi) is 5.79. The largest absolute Gasteiger partial charge is 0.493 e. The third kappa shape index (κ3) is 4.06. The third-order valence-corrected chi connectivity index (χ3v) is 4.54. The van der Waals surface area contributed by atoms with E-state index in [1.54, 1.807) is 6.21 Å². The average Bonchev–Trinajstić information content (AvgIpc) is 2.62. The minimum atomic E-state index is 0.448. The molecule has 0 aliphatic rings. The second kappa shape index (κ2) is 8.24. The summed E-state index contributed by atoms with van der Waals surface area (Å²) in [5.74, 6) is 0.808. The molecule has 1 N–H and O–H groups in total. The van der Waals surface area contributed by atoms with Crippen LogP contribution in [0.5, 0.6) is 5.75 Å². The lowest BCUT2D eigenvalue weighted by Crippen LogP contribution is -2.07. The zero-order chi connectivity index (χ0) is 17.6. The molecule has 0 saturated carbocycles. The maximum atomic E-state index is 6.17. The van der Waals surface area contributed by atoms with Crippen LogP contribution in [0.2, 0.25) is 10.0 Å². The van der Waals surface area contributed by atoms with E-state index >= 15 is 0 Å². The molecular formula is C20H18Cl2N2O. The Labute approximate surface area is 157 Å².